The van der Waals surface area contributed by atoms with Crippen molar-refractivity contribution in [2.75, 3.05) is 26.2 Å². The monoisotopic (exact) mass is 379 g/mol. The van der Waals surface area contributed by atoms with Crippen LogP contribution in [0.15, 0.2) is 42.5 Å². The topological polar surface area (TPSA) is 66.6 Å². The van der Waals surface area contributed by atoms with Crippen LogP contribution in [0.5, 0.6) is 0 Å². The lowest BCUT2D eigenvalue weighted by Gasteiger charge is -2.34. The number of nitrogens with zero attached hydrogens (tertiary/aromatic N) is 2. The summed E-state index contributed by atoms with van der Waals surface area (Å²) >= 11 is 0. The van der Waals surface area contributed by atoms with Gasteiger partial charge in [-0.15, -0.1) is 0 Å². The molecular formula is C23H29N3O2. The van der Waals surface area contributed by atoms with Gasteiger partial charge >= 0.3 is 0 Å². The number of fused-ring (bicyclic) bond motifs is 1. The molecule has 4 rings (SSSR count). The van der Waals surface area contributed by atoms with Crippen LogP contribution in [0.1, 0.15) is 36.5 Å². The van der Waals surface area contributed by atoms with E-state index >= 15 is 0 Å². The molecule has 5 nitrogen and oxygen atoms in total. The smallest absolute Gasteiger partial charge is 0.254 e. The minimum Gasteiger partial charge on any atom is -0.339 e. The van der Waals surface area contributed by atoms with Crippen molar-refractivity contribution in [2.45, 2.75) is 32.2 Å². The molecular weight excluding hydrogens is 350 g/mol. The van der Waals surface area contributed by atoms with Crippen molar-refractivity contribution >= 4 is 22.6 Å². The standard InChI is InChI=1S/C23H29N3O2/c1-16-13-17(14-24)15-26(16)22(27)19-9-11-25(12-10-19)23(28)21-8-4-6-18-5-2-3-7-20(18)21/h2-8,16-17,19H,9-15,24H2,1H3. The number of amides is 2. The molecule has 0 saturated carbocycles. The van der Waals surface area contributed by atoms with Crippen LogP contribution in [0.25, 0.3) is 10.8 Å². The fourth-order valence-corrected chi connectivity index (χ4v) is 4.77. The average molecular weight is 380 g/mol. The van der Waals surface area contributed by atoms with Crippen LogP contribution < -0.4 is 5.73 Å². The molecule has 2 unspecified atom stereocenters. The van der Waals surface area contributed by atoms with E-state index in [9.17, 15) is 9.59 Å². The largest absolute Gasteiger partial charge is 0.339 e. The summed E-state index contributed by atoms with van der Waals surface area (Å²) in [4.78, 5) is 30.0. The minimum absolute atomic E-state index is 0.0237. The van der Waals surface area contributed by atoms with Crippen LogP contribution in [-0.2, 0) is 4.79 Å². The maximum Gasteiger partial charge on any atom is 0.254 e. The number of benzene rings is 2. The van der Waals surface area contributed by atoms with Crippen LogP contribution in [0.2, 0.25) is 0 Å². The number of carbonyl (C=O) groups excluding carboxylic acids is 2. The molecule has 2 fully saturated rings. The molecule has 2 amide bonds. The summed E-state index contributed by atoms with van der Waals surface area (Å²) in [6.45, 7) is 4.83. The Morgan fingerprint density at radius 1 is 1.07 bits per heavy atom. The van der Waals surface area contributed by atoms with Crippen LogP contribution in [0, 0.1) is 11.8 Å². The Hall–Kier alpha value is -2.40. The van der Waals surface area contributed by atoms with Crippen molar-refractivity contribution in [1.29, 1.82) is 0 Å². The number of carbonyl (C=O) groups is 2. The van der Waals surface area contributed by atoms with Gasteiger partial charge in [-0.25, -0.2) is 0 Å². The Morgan fingerprint density at radius 3 is 2.50 bits per heavy atom. The van der Waals surface area contributed by atoms with Gasteiger partial charge in [0.1, 0.15) is 0 Å². The van der Waals surface area contributed by atoms with E-state index in [0.717, 1.165) is 42.1 Å². The van der Waals surface area contributed by atoms with Crippen LogP contribution >= 0.6 is 0 Å². The number of likely N-dealkylation sites (tertiary alicyclic amines) is 2. The van der Waals surface area contributed by atoms with Gasteiger partial charge in [0.25, 0.3) is 5.91 Å². The molecule has 2 N–H and O–H groups in total. The predicted molar refractivity (Wildman–Crippen MR) is 111 cm³/mol. The van der Waals surface area contributed by atoms with Crippen molar-refractivity contribution in [3.05, 3.63) is 48.0 Å². The van der Waals surface area contributed by atoms with Crippen molar-refractivity contribution in [2.24, 2.45) is 17.6 Å². The van der Waals surface area contributed by atoms with E-state index < -0.39 is 0 Å². The second kappa shape index (κ2) is 7.92. The van der Waals surface area contributed by atoms with Gasteiger partial charge in [-0.05, 0) is 55.5 Å². The highest BCUT2D eigenvalue weighted by atomic mass is 16.2. The third kappa shape index (κ3) is 3.51. The summed E-state index contributed by atoms with van der Waals surface area (Å²) in [5, 5.41) is 2.07. The number of rotatable bonds is 3. The van der Waals surface area contributed by atoms with Crippen LogP contribution in [0.3, 0.4) is 0 Å². The second-order valence-electron chi connectivity index (χ2n) is 8.27. The Balaban J connectivity index is 1.41. The van der Waals surface area contributed by atoms with E-state index in [1.807, 2.05) is 52.3 Å². The highest BCUT2D eigenvalue weighted by molar-refractivity contribution is 6.07. The van der Waals surface area contributed by atoms with E-state index in [4.69, 9.17) is 5.73 Å². The Morgan fingerprint density at radius 2 is 1.79 bits per heavy atom. The Bertz CT molecular complexity index is 868. The van der Waals surface area contributed by atoms with E-state index in [-0.39, 0.29) is 23.8 Å². The van der Waals surface area contributed by atoms with Gasteiger partial charge in [-0.2, -0.15) is 0 Å². The summed E-state index contributed by atoms with van der Waals surface area (Å²) in [5.41, 5.74) is 6.55. The molecule has 0 spiro atoms. The number of nitrogens with two attached hydrogens (primary N) is 1. The summed E-state index contributed by atoms with van der Waals surface area (Å²) < 4.78 is 0. The summed E-state index contributed by atoms with van der Waals surface area (Å²) in [6, 6.07) is 14.1. The zero-order valence-corrected chi connectivity index (χ0v) is 16.5. The van der Waals surface area contributed by atoms with Crippen molar-refractivity contribution in [3.63, 3.8) is 0 Å². The maximum atomic E-state index is 13.1. The van der Waals surface area contributed by atoms with Gasteiger partial charge in [0, 0.05) is 37.2 Å². The zero-order valence-electron chi connectivity index (χ0n) is 16.5. The lowest BCUT2D eigenvalue weighted by molar-refractivity contribution is -0.137. The second-order valence-corrected chi connectivity index (χ2v) is 8.27. The first-order valence-corrected chi connectivity index (χ1v) is 10.4. The lowest BCUT2D eigenvalue weighted by atomic mass is 9.94. The number of piperidine rings is 1. The van der Waals surface area contributed by atoms with Gasteiger partial charge in [0.15, 0.2) is 0 Å². The van der Waals surface area contributed by atoms with Gasteiger partial charge in [-0.3, -0.25) is 9.59 Å². The van der Waals surface area contributed by atoms with Gasteiger partial charge in [0.05, 0.1) is 0 Å². The normalized spacial score (nSPS) is 23.4. The molecule has 2 atom stereocenters. The quantitative estimate of drug-likeness (QED) is 0.892. The zero-order chi connectivity index (χ0) is 19.7. The maximum absolute atomic E-state index is 13.1. The van der Waals surface area contributed by atoms with Crippen molar-refractivity contribution in [3.8, 4) is 0 Å². The molecule has 28 heavy (non-hydrogen) atoms. The van der Waals surface area contributed by atoms with Gasteiger partial charge in [-0.1, -0.05) is 36.4 Å². The fourth-order valence-electron chi connectivity index (χ4n) is 4.77. The van der Waals surface area contributed by atoms with Gasteiger partial charge in [0.2, 0.25) is 5.91 Å². The summed E-state index contributed by atoms with van der Waals surface area (Å²) in [7, 11) is 0. The predicted octanol–water partition coefficient (Wildman–Crippen LogP) is 2.89. The molecule has 0 aliphatic carbocycles. The fraction of sp³-hybridized carbons (Fsp3) is 0.478. The van der Waals surface area contributed by atoms with E-state index in [0.29, 0.717) is 25.6 Å². The summed E-state index contributed by atoms with van der Waals surface area (Å²) in [6.07, 6.45) is 2.48. The first-order chi connectivity index (χ1) is 13.6. The van der Waals surface area contributed by atoms with Gasteiger partial charge < -0.3 is 15.5 Å². The minimum atomic E-state index is 0.0237. The lowest BCUT2D eigenvalue weighted by Crippen LogP contribution is -2.45. The third-order valence-corrected chi connectivity index (χ3v) is 6.43. The molecule has 2 saturated heterocycles. The first kappa shape index (κ1) is 18.9. The van der Waals surface area contributed by atoms with E-state index in [1.165, 1.54) is 0 Å². The molecule has 148 valence electrons. The highest BCUT2D eigenvalue weighted by Gasteiger charge is 2.37. The van der Waals surface area contributed by atoms with Crippen molar-refractivity contribution in [1.82, 2.24) is 9.80 Å². The van der Waals surface area contributed by atoms with Crippen LogP contribution in [0.4, 0.5) is 0 Å². The molecule has 2 aliphatic rings. The van der Waals surface area contributed by atoms with Crippen LogP contribution in [-0.4, -0.2) is 53.8 Å². The third-order valence-electron chi connectivity index (χ3n) is 6.43. The van der Waals surface area contributed by atoms with Crippen molar-refractivity contribution < 1.29 is 9.59 Å². The van der Waals surface area contributed by atoms with E-state index in [2.05, 4.69) is 6.92 Å². The number of hydrogen-bond donors (Lipinski definition) is 1. The molecule has 2 aliphatic heterocycles. The molecule has 0 aromatic heterocycles. The first-order valence-electron chi connectivity index (χ1n) is 10.4. The average Bonchev–Trinajstić information content (AvgIpc) is 3.13. The molecule has 2 aromatic rings. The molecule has 0 radical (unpaired) electrons. The molecule has 2 aromatic carbocycles. The SMILES string of the molecule is CC1CC(CN)CN1C(=O)C1CCN(C(=O)c2cccc3ccccc23)CC1. The molecule has 0 bridgehead atoms. The number of hydrogen-bond acceptors (Lipinski definition) is 3. The summed E-state index contributed by atoms with van der Waals surface area (Å²) in [5.74, 6) is 0.767. The Kier molecular flexibility index (Phi) is 5.36. The Labute approximate surface area is 166 Å². The highest BCUT2D eigenvalue weighted by Crippen LogP contribution is 2.29. The molecule has 2 heterocycles. The molecule has 5 heteroatoms. The van der Waals surface area contributed by atoms with E-state index in [1.54, 1.807) is 0 Å².